The molecule has 1 unspecified atom stereocenters. The van der Waals surface area contributed by atoms with Gasteiger partial charge in [-0.1, -0.05) is 24.8 Å². The van der Waals surface area contributed by atoms with Gasteiger partial charge >= 0.3 is 0 Å². The fraction of sp³-hybridized carbons (Fsp3) is 0.185. The molecule has 36 heavy (non-hydrogen) atoms. The number of anilines is 4. The quantitative estimate of drug-likeness (QED) is 0.342. The number of amides is 1. The maximum atomic E-state index is 11.7. The molecule has 1 atom stereocenters. The number of carbonyl (C=O) groups is 1. The van der Waals surface area contributed by atoms with Crippen molar-refractivity contribution in [2.75, 3.05) is 41.8 Å². The maximum absolute atomic E-state index is 11.7. The highest BCUT2D eigenvalue weighted by Crippen LogP contribution is 2.29. The molecule has 0 spiro atoms. The number of morpholine rings is 1. The van der Waals surface area contributed by atoms with Gasteiger partial charge in [0.2, 0.25) is 11.9 Å². The Hall–Kier alpha value is -4.34. The van der Waals surface area contributed by atoms with E-state index in [0.29, 0.717) is 30.5 Å². The van der Waals surface area contributed by atoms with Crippen LogP contribution in [0.3, 0.4) is 0 Å². The summed E-state index contributed by atoms with van der Waals surface area (Å²) in [4.78, 5) is 27.6. The summed E-state index contributed by atoms with van der Waals surface area (Å²) in [5, 5.41) is 16.3. The van der Waals surface area contributed by atoms with Crippen LogP contribution in [0, 0.1) is 0 Å². The molecule has 4 aromatic rings. The highest BCUT2D eigenvalue weighted by Gasteiger charge is 2.20. The Morgan fingerprint density at radius 3 is 2.83 bits per heavy atom. The Labute approximate surface area is 208 Å². The Balaban J connectivity index is 1.38. The molecular formula is C27H26N6O3. The van der Waals surface area contributed by atoms with E-state index in [0.717, 1.165) is 34.4 Å². The van der Waals surface area contributed by atoms with Gasteiger partial charge in [0.15, 0.2) is 0 Å². The molecule has 1 fully saturated rings. The van der Waals surface area contributed by atoms with E-state index in [2.05, 4.69) is 32.1 Å². The summed E-state index contributed by atoms with van der Waals surface area (Å²) in [6.07, 6.45) is 4.48. The number of rotatable bonds is 7. The highest BCUT2D eigenvalue weighted by atomic mass is 16.5. The lowest BCUT2D eigenvalue weighted by molar-refractivity contribution is -0.111. The van der Waals surface area contributed by atoms with E-state index in [4.69, 9.17) is 9.72 Å². The number of carbonyl (C=O) groups excluding carboxylic acids is 1. The largest absolute Gasteiger partial charge is 0.394 e. The van der Waals surface area contributed by atoms with Crippen molar-refractivity contribution < 1.29 is 14.6 Å². The van der Waals surface area contributed by atoms with E-state index in [1.807, 2.05) is 42.5 Å². The molecule has 1 aliphatic rings. The number of hydrogen-bond acceptors (Lipinski definition) is 8. The zero-order valence-corrected chi connectivity index (χ0v) is 19.6. The summed E-state index contributed by atoms with van der Waals surface area (Å²) in [5.74, 6) is 0.178. The second-order valence-electron chi connectivity index (χ2n) is 8.35. The van der Waals surface area contributed by atoms with E-state index < -0.39 is 0 Å². The second-order valence-corrected chi connectivity index (χ2v) is 8.35. The van der Waals surface area contributed by atoms with Crippen LogP contribution in [-0.4, -0.2) is 58.4 Å². The predicted molar refractivity (Wildman–Crippen MR) is 140 cm³/mol. The Morgan fingerprint density at radius 2 is 2.03 bits per heavy atom. The third kappa shape index (κ3) is 5.17. The van der Waals surface area contributed by atoms with Gasteiger partial charge in [-0.25, -0.2) is 9.97 Å². The van der Waals surface area contributed by atoms with Crippen LogP contribution in [0.15, 0.2) is 79.6 Å². The van der Waals surface area contributed by atoms with Gasteiger partial charge in [-0.15, -0.1) is 0 Å². The summed E-state index contributed by atoms with van der Waals surface area (Å²) < 4.78 is 5.54. The third-order valence-corrected chi connectivity index (χ3v) is 5.93. The van der Waals surface area contributed by atoms with Crippen molar-refractivity contribution in [3.63, 3.8) is 0 Å². The molecule has 182 valence electrons. The lowest BCUT2D eigenvalue weighted by Crippen LogP contribution is -2.44. The van der Waals surface area contributed by atoms with E-state index in [9.17, 15) is 9.90 Å². The smallest absolute Gasteiger partial charge is 0.247 e. The Morgan fingerprint density at radius 1 is 1.17 bits per heavy atom. The van der Waals surface area contributed by atoms with Gasteiger partial charge in [0.1, 0.15) is 0 Å². The van der Waals surface area contributed by atoms with Crippen molar-refractivity contribution in [2.24, 2.45) is 0 Å². The van der Waals surface area contributed by atoms with Crippen molar-refractivity contribution in [2.45, 2.75) is 6.10 Å². The molecule has 9 heteroatoms. The van der Waals surface area contributed by atoms with Crippen molar-refractivity contribution in [3.05, 3.63) is 79.6 Å². The molecule has 3 N–H and O–H groups in total. The van der Waals surface area contributed by atoms with Crippen molar-refractivity contribution in [1.29, 1.82) is 0 Å². The van der Waals surface area contributed by atoms with Gasteiger partial charge in [0.25, 0.3) is 0 Å². The van der Waals surface area contributed by atoms with Crippen LogP contribution in [-0.2, 0) is 9.53 Å². The van der Waals surface area contributed by atoms with Crippen molar-refractivity contribution in [1.82, 2.24) is 15.0 Å². The normalized spacial score (nSPS) is 15.5. The summed E-state index contributed by atoms with van der Waals surface area (Å²) in [7, 11) is 0. The first-order valence-electron chi connectivity index (χ1n) is 11.6. The van der Waals surface area contributed by atoms with Crippen molar-refractivity contribution in [3.8, 4) is 11.3 Å². The van der Waals surface area contributed by atoms with Crippen LogP contribution in [0.25, 0.3) is 22.2 Å². The van der Waals surface area contributed by atoms with Gasteiger partial charge in [-0.05, 0) is 42.5 Å². The molecule has 0 aliphatic carbocycles. The molecule has 1 amide bonds. The third-order valence-electron chi connectivity index (χ3n) is 5.93. The number of hydrogen-bond donors (Lipinski definition) is 3. The molecule has 1 saturated heterocycles. The number of ether oxygens (including phenoxy) is 1. The first-order chi connectivity index (χ1) is 17.6. The molecule has 2 aromatic carbocycles. The summed E-state index contributed by atoms with van der Waals surface area (Å²) in [6, 6.07) is 17.4. The highest BCUT2D eigenvalue weighted by molar-refractivity contribution is 5.99. The molecule has 1 aliphatic heterocycles. The minimum atomic E-state index is -0.285. The van der Waals surface area contributed by atoms with Gasteiger partial charge in [-0.2, -0.15) is 0 Å². The standard InChI is InChI=1S/C27H26N6O3/c1-2-25(35)30-20-10-11-28-24(14-20)23-5-3-4-18-15-29-27(32-26(18)23)31-19-6-8-21(9-7-19)33-12-13-36-22(16-33)17-34/h2-11,14-15,22,34H,1,12-13,16-17H2,(H,28,30,35)(H,29,31,32). The second kappa shape index (κ2) is 10.5. The number of pyridine rings is 1. The molecule has 9 nitrogen and oxygen atoms in total. The lowest BCUT2D eigenvalue weighted by atomic mass is 10.1. The first kappa shape index (κ1) is 23.4. The molecule has 3 heterocycles. The van der Waals surface area contributed by atoms with Crippen LogP contribution < -0.4 is 15.5 Å². The van der Waals surface area contributed by atoms with E-state index in [-0.39, 0.29) is 18.6 Å². The molecule has 0 radical (unpaired) electrons. The van der Waals surface area contributed by atoms with Crippen LogP contribution in [0.2, 0.25) is 0 Å². The zero-order valence-electron chi connectivity index (χ0n) is 19.6. The topological polar surface area (TPSA) is 112 Å². The fourth-order valence-corrected chi connectivity index (χ4v) is 4.12. The van der Waals surface area contributed by atoms with E-state index in [1.54, 1.807) is 24.5 Å². The molecule has 0 bridgehead atoms. The number of nitrogens with one attached hydrogen (secondary N) is 2. The minimum Gasteiger partial charge on any atom is -0.394 e. The summed E-state index contributed by atoms with van der Waals surface area (Å²) in [5.41, 5.74) is 4.81. The van der Waals surface area contributed by atoms with Gasteiger partial charge in [-0.3, -0.25) is 9.78 Å². The number of fused-ring (bicyclic) bond motifs is 1. The number of aliphatic hydroxyl groups is 1. The SMILES string of the molecule is C=CC(=O)Nc1ccnc(-c2cccc3cnc(Nc4ccc(N5CCOC(CO)C5)cc4)nc23)c1. The average molecular weight is 483 g/mol. The van der Waals surface area contributed by atoms with Crippen molar-refractivity contribution >= 4 is 39.8 Å². The molecule has 5 rings (SSSR count). The number of aliphatic hydroxyl groups excluding tert-OH is 1. The number of nitrogens with zero attached hydrogens (tertiary/aromatic N) is 4. The number of aromatic nitrogens is 3. The Kier molecular flexibility index (Phi) is 6.83. The predicted octanol–water partition coefficient (Wildman–Crippen LogP) is 3.76. The average Bonchev–Trinajstić information content (AvgIpc) is 2.93. The maximum Gasteiger partial charge on any atom is 0.247 e. The van der Waals surface area contributed by atoms with Gasteiger partial charge in [0.05, 0.1) is 30.5 Å². The summed E-state index contributed by atoms with van der Waals surface area (Å²) >= 11 is 0. The van der Waals surface area contributed by atoms with E-state index in [1.165, 1.54) is 6.08 Å². The first-order valence-corrected chi connectivity index (χ1v) is 11.6. The number of benzene rings is 2. The Bertz CT molecular complexity index is 1390. The van der Waals surface area contributed by atoms with E-state index >= 15 is 0 Å². The zero-order chi connectivity index (χ0) is 24.9. The van der Waals surface area contributed by atoms with Crippen LogP contribution in [0.4, 0.5) is 23.0 Å². The molecule has 2 aromatic heterocycles. The number of para-hydroxylation sites is 1. The lowest BCUT2D eigenvalue weighted by Gasteiger charge is -2.33. The monoisotopic (exact) mass is 482 g/mol. The minimum absolute atomic E-state index is 0.0146. The van der Waals surface area contributed by atoms with Crippen LogP contribution in [0.5, 0.6) is 0 Å². The van der Waals surface area contributed by atoms with Crippen LogP contribution >= 0.6 is 0 Å². The van der Waals surface area contributed by atoms with Crippen LogP contribution in [0.1, 0.15) is 0 Å². The fourth-order valence-electron chi connectivity index (χ4n) is 4.12. The molecule has 0 saturated carbocycles. The van der Waals surface area contributed by atoms with Gasteiger partial charge < -0.3 is 25.4 Å². The van der Waals surface area contributed by atoms with Gasteiger partial charge in [0, 0.05) is 53.5 Å². The molecular weight excluding hydrogens is 456 g/mol. The summed E-state index contributed by atoms with van der Waals surface area (Å²) in [6.45, 7) is 5.54.